The summed E-state index contributed by atoms with van der Waals surface area (Å²) in [6.45, 7) is 0.160. The van der Waals surface area contributed by atoms with Crippen molar-refractivity contribution in [2.45, 2.75) is 17.3 Å². The van der Waals surface area contributed by atoms with Gasteiger partial charge in [0.2, 0.25) is 5.82 Å². The molecule has 4 aromatic rings. The number of benzene rings is 2. The molecule has 176 valence electrons. The molecule has 0 fully saturated rings. The number of carboxylic acid groups (broad SMARTS) is 1. The van der Waals surface area contributed by atoms with E-state index >= 15 is 0 Å². The first-order valence-electron chi connectivity index (χ1n) is 9.73. The highest BCUT2D eigenvalue weighted by Gasteiger charge is 2.14. The van der Waals surface area contributed by atoms with Crippen LogP contribution in [0.15, 0.2) is 45.2 Å². The molecule has 0 aliphatic heterocycles. The third kappa shape index (κ3) is 6.45. The Morgan fingerprint density at radius 2 is 1.91 bits per heavy atom. The number of halogens is 3. The Hall–Kier alpha value is -2.25. The summed E-state index contributed by atoms with van der Waals surface area (Å²) >= 11 is 18.6. The topological polar surface area (TPSA) is 116 Å². The van der Waals surface area contributed by atoms with E-state index in [0.29, 0.717) is 21.7 Å². The van der Waals surface area contributed by atoms with Crippen LogP contribution in [0.25, 0.3) is 22.0 Å². The van der Waals surface area contributed by atoms with Crippen molar-refractivity contribution in [3.05, 3.63) is 50.9 Å². The standard InChI is InChI=1S/C20H15BrCl2N6O3S2/c21-13-4-2-12(11-3-5-14(22)15(23)8-11)9-16(13)32-6-1-7-33-20-26-25-19(34-20)18-24-28-29(27-18)10-17(30)31/h2-5,8-9H,1,6-7,10H2,(H,30,31). The Labute approximate surface area is 220 Å². The number of thioether (sulfide) groups is 1. The van der Waals surface area contributed by atoms with Gasteiger partial charge in [0.25, 0.3) is 0 Å². The Bertz CT molecular complexity index is 1320. The molecular weight excluding hydrogens is 587 g/mol. The van der Waals surface area contributed by atoms with Crippen LogP contribution in [0, 0.1) is 0 Å². The molecule has 1 N–H and O–H groups in total. The highest BCUT2D eigenvalue weighted by molar-refractivity contribution is 9.10. The third-order valence-electron chi connectivity index (χ3n) is 4.28. The molecule has 14 heteroatoms. The molecule has 2 heterocycles. The van der Waals surface area contributed by atoms with Gasteiger partial charge in [0.05, 0.1) is 21.1 Å². The summed E-state index contributed by atoms with van der Waals surface area (Å²) < 4.78 is 7.59. The lowest BCUT2D eigenvalue weighted by Crippen LogP contribution is -2.11. The number of carbonyl (C=O) groups is 1. The first kappa shape index (κ1) is 24.9. The molecule has 2 aromatic heterocycles. The lowest BCUT2D eigenvalue weighted by molar-refractivity contribution is -0.138. The van der Waals surface area contributed by atoms with Crippen molar-refractivity contribution in [3.63, 3.8) is 0 Å². The summed E-state index contributed by atoms with van der Waals surface area (Å²) in [6, 6.07) is 11.4. The molecule has 0 unspecified atom stereocenters. The Kier molecular flexibility index (Phi) is 8.37. The average Bonchev–Trinajstić information content (AvgIpc) is 3.46. The zero-order valence-electron chi connectivity index (χ0n) is 17.2. The number of aliphatic carboxylic acids is 1. The van der Waals surface area contributed by atoms with Gasteiger partial charge in [-0.25, -0.2) is 0 Å². The zero-order chi connectivity index (χ0) is 24.1. The van der Waals surface area contributed by atoms with Crippen molar-refractivity contribution in [2.24, 2.45) is 0 Å². The van der Waals surface area contributed by atoms with Crippen LogP contribution < -0.4 is 4.74 Å². The SMILES string of the molecule is O=C(O)Cn1nnc(-c2nnc(SCCCOc3cc(-c4ccc(Cl)c(Cl)c4)ccc3Br)s2)n1. The first-order valence-corrected chi connectivity index (χ1v) is 13.1. The number of aromatic nitrogens is 6. The maximum atomic E-state index is 10.7. The number of hydrogen-bond acceptors (Lipinski definition) is 9. The summed E-state index contributed by atoms with van der Waals surface area (Å²) in [4.78, 5) is 11.7. The lowest BCUT2D eigenvalue weighted by atomic mass is 10.1. The molecule has 0 spiro atoms. The Morgan fingerprint density at radius 3 is 2.71 bits per heavy atom. The number of ether oxygens (including phenoxy) is 1. The van der Waals surface area contributed by atoms with Crippen molar-refractivity contribution in [1.29, 1.82) is 0 Å². The lowest BCUT2D eigenvalue weighted by Gasteiger charge is -2.11. The number of nitrogens with zero attached hydrogens (tertiary/aromatic N) is 6. The predicted molar refractivity (Wildman–Crippen MR) is 135 cm³/mol. The smallest absolute Gasteiger partial charge is 0.327 e. The molecule has 0 saturated carbocycles. The molecule has 0 saturated heterocycles. The number of rotatable bonds is 10. The third-order valence-corrected chi connectivity index (χ3v) is 7.82. The highest BCUT2D eigenvalue weighted by atomic mass is 79.9. The first-order chi connectivity index (χ1) is 16.4. The van der Waals surface area contributed by atoms with Crippen LogP contribution in [0.4, 0.5) is 0 Å². The fourth-order valence-electron chi connectivity index (χ4n) is 2.75. The predicted octanol–water partition coefficient (Wildman–Crippen LogP) is 5.57. The van der Waals surface area contributed by atoms with Crippen LogP contribution in [0.3, 0.4) is 0 Å². The monoisotopic (exact) mass is 600 g/mol. The molecule has 4 rings (SSSR count). The minimum absolute atomic E-state index is 0.251. The molecule has 34 heavy (non-hydrogen) atoms. The second-order valence-corrected chi connectivity index (χ2v) is 10.7. The van der Waals surface area contributed by atoms with Gasteiger partial charge in [-0.2, -0.15) is 4.80 Å². The van der Waals surface area contributed by atoms with Crippen LogP contribution in [-0.2, 0) is 11.3 Å². The van der Waals surface area contributed by atoms with Gasteiger partial charge in [-0.05, 0) is 63.0 Å². The summed E-state index contributed by atoms with van der Waals surface area (Å²) in [7, 11) is 0. The quantitative estimate of drug-likeness (QED) is 0.184. The van der Waals surface area contributed by atoms with Crippen LogP contribution in [0.5, 0.6) is 5.75 Å². The van der Waals surface area contributed by atoms with E-state index in [-0.39, 0.29) is 12.4 Å². The van der Waals surface area contributed by atoms with Gasteiger partial charge in [-0.1, -0.05) is 58.4 Å². The fourth-order valence-corrected chi connectivity index (χ4v) is 5.16. The normalized spacial score (nSPS) is 11.0. The zero-order valence-corrected chi connectivity index (χ0v) is 21.9. The molecule has 2 aromatic carbocycles. The summed E-state index contributed by atoms with van der Waals surface area (Å²) in [5.41, 5.74) is 1.92. The minimum Gasteiger partial charge on any atom is -0.492 e. The molecule has 0 atom stereocenters. The number of tetrazole rings is 1. The van der Waals surface area contributed by atoms with E-state index in [4.69, 9.17) is 33.0 Å². The van der Waals surface area contributed by atoms with E-state index < -0.39 is 5.97 Å². The van der Waals surface area contributed by atoms with Crippen LogP contribution in [0.2, 0.25) is 10.0 Å². The molecule has 0 radical (unpaired) electrons. The second kappa shape index (κ2) is 11.5. The molecular formula is C20H15BrCl2N6O3S2. The van der Waals surface area contributed by atoms with Crippen molar-refractivity contribution in [3.8, 4) is 27.7 Å². The molecule has 0 aliphatic rings. The van der Waals surface area contributed by atoms with Crippen LogP contribution in [-0.4, -0.2) is 53.8 Å². The van der Waals surface area contributed by atoms with Gasteiger partial charge in [0.15, 0.2) is 15.9 Å². The summed E-state index contributed by atoms with van der Waals surface area (Å²) in [6.07, 6.45) is 0.788. The molecule has 9 nitrogen and oxygen atoms in total. The van der Waals surface area contributed by atoms with Gasteiger partial charge < -0.3 is 9.84 Å². The summed E-state index contributed by atoms with van der Waals surface area (Å²) in [5, 5.41) is 30.0. The van der Waals surface area contributed by atoms with Crippen molar-refractivity contribution in [2.75, 3.05) is 12.4 Å². The van der Waals surface area contributed by atoms with E-state index in [1.165, 1.54) is 11.3 Å². The maximum Gasteiger partial charge on any atom is 0.327 e. The van der Waals surface area contributed by atoms with Crippen molar-refractivity contribution >= 4 is 68.2 Å². The second-order valence-electron chi connectivity index (χ2n) is 6.73. The average molecular weight is 602 g/mol. The minimum atomic E-state index is -1.05. The molecule has 0 bridgehead atoms. The van der Waals surface area contributed by atoms with Gasteiger partial charge >= 0.3 is 5.97 Å². The summed E-state index contributed by atoms with van der Waals surface area (Å²) in [5.74, 6) is 0.716. The fraction of sp³-hybridized carbons (Fsp3) is 0.200. The number of hydrogen-bond donors (Lipinski definition) is 1. The van der Waals surface area contributed by atoms with Gasteiger partial charge in [0, 0.05) is 5.75 Å². The van der Waals surface area contributed by atoms with Crippen molar-refractivity contribution in [1.82, 2.24) is 30.4 Å². The van der Waals surface area contributed by atoms with Gasteiger partial charge in [0.1, 0.15) is 5.75 Å². The van der Waals surface area contributed by atoms with E-state index in [2.05, 4.69) is 41.5 Å². The highest BCUT2D eigenvalue weighted by Crippen LogP contribution is 2.34. The van der Waals surface area contributed by atoms with E-state index in [1.54, 1.807) is 17.8 Å². The van der Waals surface area contributed by atoms with E-state index in [9.17, 15) is 4.79 Å². The number of carboxylic acids is 1. The Morgan fingerprint density at radius 1 is 1.12 bits per heavy atom. The maximum absolute atomic E-state index is 10.7. The Balaban J connectivity index is 1.28. The van der Waals surface area contributed by atoms with Gasteiger partial charge in [-0.15, -0.1) is 20.4 Å². The van der Waals surface area contributed by atoms with E-state index in [0.717, 1.165) is 42.7 Å². The van der Waals surface area contributed by atoms with Crippen molar-refractivity contribution < 1.29 is 14.6 Å². The van der Waals surface area contributed by atoms with Crippen LogP contribution in [0.1, 0.15) is 6.42 Å². The van der Waals surface area contributed by atoms with E-state index in [1.807, 2.05) is 30.3 Å². The van der Waals surface area contributed by atoms with Gasteiger partial charge in [-0.3, -0.25) is 4.79 Å². The molecule has 0 aliphatic carbocycles. The largest absolute Gasteiger partial charge is 0.492 e. The molecule has 0 amide bonds. The van der Waals surface area contributed by atoms with Crippen LogP contribution >= 0.6 is 62.2 Å².